The number of fused-ring (bicyclic) bond motifs is 1. The fraction of sp³-hybridized carbons (Fsp3) is 0.235. The summed E-state index contributed by atoms with van der Waals surface area (Å²) in [7, 11) is 0. The Hall–Kier alpha value is -1.94. The molecule has 2 aromatic rings. The average molecular weight is 299 g/mol. The second-order valence-corrected chi connectivity index (χ2v) is 6.61. The monoisotopic (exact) mass is 299 g/mol. The first-order valence-corrected chi connectivity index (χ1v) is 7.78. The first-order chi connectivity index (χ1) is 10.0. The first kappa shape index (κ1) is 14.0. The molecule has 0 aliphatic carbocycles. The largest absolute Gasteiger partial charge is 0.508 e. The molecule has 1 amide bonds. The van der Waals surface area contributed by atoms with Gasteiger partial charge in [-0.15, -0.1) is 11.8 Å². The van der Waals surface area contributed by atoms with E-state index in [4.69, 9.17) is 0 Å². The van der Waals surface area contributed by atoms with E-state index in [1.165, 1.54) is 10.5 Å². The summed E-state index contributed by atoms with van der Waals surface area (Å²) in [5.41, 5.74) is 3.64. The van der Waals surface area contributed by atoms with Crippen molar-refractivity contribution in [1.82, 2.24) is 0 Å². The van der Waals surface area contributed by atoms with Gasteiger partial charge in [0.1, 0.15) is 5.75 Å². The Kier molecular flexibility index (Phi) is 3.64. The van der Waals surface area contributed by atoms with Crippen LogP contribution in [0.2, 0.25) is 0 Å². The van der Waals surface area contributed by atoms with Crippen LogP contribution >= 0.6 is 11.8 Å². The lowest BCUT2D eigenvalue weighted by atomic mass is 10.1. The summed E-state index contributed by atoms with van der Waals surface area (Å²) < 4.78 is 0. The molecule has 0 fully saturated rings. The number of benzene rings is 2. The summed E-state index contributed by atoms with van der Waals surface area (Å²) in [6, 6.07) is 11.6. The average Bonchev–Trinajstić information content (AvgIpc) is 2.88. The van der Waals surface area contributed by atoms with Crippen molar-refractivity contribution in [1.29, 1.82) is 0 Å². The standard InChI is InChI=1S/C17H17NO2S/c1-10-8-14(19)11(2)7-13(10)18-17(20)16-9-12-5-3-4-6-15(12)21-16/h3-8,16,19H,9H2,1-2H3,(H,18,20). The van der Waals surface area contributed by atoms with Crippen LogP contribution < -0.4 is 5.32 Å². The van der Waals surface area contributed by atoms with E-state index in [-0.39, 0.29) is 16.9 Å². The third-order valence-electron chi connectivity index (χ3n) is 3.74. The van der Waals surface area contributed by atoms with Gasteiger partial charge in [0.05, 0.1) is 5.25 Å². The smallest absolute Gasteiger partial charge is 0.238 e. The quantitative estimate of drug-likeness (QED) is 0.832. The topological polar surface area (TPSA) is 49.3 Å². The maximum atomic E-state index is 12.4. The molecule has 0 saturated heterocycles. The molecule has 1 aliphatic heterocycles. The second-order valence-electron chi connectivity index (χ2n) is 5.36. The van der Waals surface area contributed by atoms with Crippen LogP contribution in [0.15, 0.2) is 41.3 Å². The fourth-order valence-corrected chi connectivity index (χ4v) is 3.67. The molecule has 3 rings (SSSR count). The molecule has 21 heavy (non-hydrogen) atoms. The first-order valence-electron chi connectivity index (χ1n) is 6.90. The summed E-state index contributed by atoms with van der Waals surface area (Å²) >= 11 is 1.62. The van der Waals surface area contributed by atoms with E-state index in [9.17, 15) is 9.90 Å². The van der Waals surface area contributed by atoms with E-state index in [1.807, 2.05) is 32.0 Å². The number of hydrogen-bond acceptors (Lipinski definition) is 3. The summed E-state index contributed by atoms with van der Waals surface area (Å²) in [5.74, 6) is 0.275. The van der Waals surface area contributed by atoms with Crippen molar-refractivity contribution in [3.05, 3.63) is 53.1 Å². The van der Waals surface area contributed by atoms with Gasteiger partial charge in [0, 0.05) is 10.6 Å². The van der Waals surface area contributed by atoms with Crippen molar-refractivity contribution >= 4 is 23.4 Å². The van der Waals surface area contributed by atoms with Crippen molar-refractivity contribution < 1.29 is 9.90 Å². The van der Waals surface area contributed by atoms with Gasteiger partial charge in [-0.3, -0.25) is 4.79 Å². The molecule has 0 saturated carbocycles. The van der Waals surface area contributed by atoms with Crippen LogP contribution in [0.1, 0.15) is 16.7 Å². The van der Waals surface area contributed by atoms with Crippen molar-refractivity contribution in [2.45, 2.75) is 30.4 Å². The molecular formula is C17H17NO2S. The molecule has 2 aromatic carbocycles. The normalized spacial score (nSPS) is 16.6. The molecular weight excluding hydrogens is 282 g/mol. The van der Waals surface area contributed by atoms with Gasteiger partial charge in [0.25, 0.3) is 0 Å². The van der Waals surface area contributed by atoms with Crippen LogP contribution in [-0.2, 0) is 11.2 Å². The lowest BCUT2D eigenvalue weighted by Gasteiger charge is -2.13. The summed E-state index contributed by atoms with van der Waals surface area (Å²) in [6.45, 7) is 3.70. The van der Waals surface area contributed by atoms with Crippen LogP contribution in [-0.4, -0.2) is 16.3 Å². The number of phenols is 1. The van der Waals surface area contributed by atoms with Gasteiger partial charge in [-0.2, -0.15) is 0 Å². The van der Waals surface area contributed by atoms with E-state index in [0.717, 1.165) is 23.2 Å². The zero-order chi connectivity index (χ0) is 15.0. The molecule has 1 unspecified atom stereocenters. The Morgan fingerprint density at radius 1 is 1.24 bits per heavy atom. The summed E-state index contributed by atoms with van der Waals surface area (Å²) in [4.78, 5) is 13.6. The molecule has 108 valence electrons. The van der Waals surface area contributed by atoms with Gasteiger partial charge < -0.3 is 10.4 Å². The molecule has 0 radical (unpaired) electrons. The predicted molar refractivity (Wildman–Crippen MR) is 86.0 cm³/mol. The number of hydrogen-bond donors (Lipinski definition) is 2. The third kappa shape index (κ3) is 2.76. The van der Waals surface area contributed by atoms with Crippen molar-refractivity contribution in [2.75, 3.05) is 5.32 Å². The van der Waals surface area contributed by atoms with Crippen LogP contribution in [0.4, 0.5) is 5.69 Å². The minimum absolute atomic E-state index is 0.0180. The molecule has 0 aromatic heterocycles. The number of amides is 1. The lowest BCUT2D eigenvalue weighted by Crippen LogP contribution is -2.25. The fourth-order valence-electron chi connectivity index (χ4n) is 2.48. The number of anilines is 1. The highest BCUT2D eigenvalue weighted by Gasteiger charge is 2.28. The molecule has 4 heteroatoms. The Balaban J connectivity index is 1.75. The number of rotatable bonds is 2. The van der Waals surface area contributed by atoms with Gasteiger partial charge in [-0.25, -0.2) is 0 Å². The number of aryl methyl sites for hydroxylation is 2. The van der Waals surface area contributed by atoms with Gasteiger partial charge in [-0.05, 0) is 55.2 Å². The zero-order valence-electron chi connectivity index (χ0n) is 12.0. The van der Waals surface area contributed by atoms with Crippen molar-refractivity contribution in [2.24, 2.45) is 0 Å². The van der Waals surface area contributed by atoms with E-state index in [2.05, 4.69) is 17.4 Å². The number of carbonyl (C=O) groups is 1. The van der Waals surface area contributed by atoms with Crippen LogP contribution in [0.3, 0.4) is 0 Å². The van der Waals surface area contributed by atoms with Crippen molar-refractivity contribution in [3.63, 3.8) is 0 Å². The Morgan fingerprint density at radius 2 is 2.00 bits per heavy atom. The lowest BCUT2D eigenvalue weighted by molar-refractivity contribution is -0.115. The summed E-state index contributed by atoms with van der Waals surface area (Å²) in [6.07, 6.45) is 0.767. The number of carbonyl (C=O) groups excluding carboxylic acids is 1. The van der Waals surface area contributed by atoms with Crippen LogP contribution in [0, 0.1) is 13.8 Å². The van der Waals surface area contributed by atoms with Gasteiger partial charge in [0.2, 0.25) is 5.91 Å². The highest BCUT2D eigenvalue weighted by Crippen LogP contribution is 2.37. The van der Waals surface area contributed by atoms with E-state index in [1.54, 1.807) is 17.8 Å². The second kappa shape index (κ2) is 5.45. The number of phenolic OH excluding ortho intramolecular Hbond substituents is 1. The molecule has 0 spiro atoms. The predicted octanol–water partition coefficient (Wildman–Crippen LogP) is 3.66. The maximum Gasteiger partial charge on any atom is 0.238 e. The molecule has 1 aliphatic rings. The minimum Gasteiger partial charge on any atom is -0.508 e. The van der Waals surface area contributed by atoms with E-state index < -0.39 is 0 Å². The Labute approximate surface area is 128 Å². The summed E-state index contributed by atoms with van der Waals surface area (Å²) in [5, 5.41) is 12.6. The SMILES string of the molecule is Cc1cc(NC(=O)C2Cc3ccccc3S2)c(C)cc1O. The van der Waals surface area contributed by atoms with Crippen molar-refractivity contribution in [3.8, 4) is 5.75 Å². The van der Waals surface area contributed by atoms with Gasteiger partial charge >= 0.3 is 0 Å². The molecule has 0 bridgehead atoms. The highest BCUT2D eigenvalue weighted by molar-refractivity contribution is 8.01. The molecule has 2 N–H and O–H groups in total. The van der Waals surface area contributed by atoms with E-state index in [0.29, 0.717) is 0 Å². The zero-order valence-corrected chi connectivity index (χ0v) is 12.8. The van der Waals surface area contributed by atoms with Gasteiger partial charge in [-0.1, -0.05) is 18.2 Å². The Morgan fingerprint density at radius 3 is 2.76 bits per heavy atom. The molecule has 3 nitrogen and oxygen atoms in total. The number of aromatic hydroxyl groups is 1. The highest BCUT2D eigenvalue weighted by atomic mass is 32.2. The number of thioether (sulfide) groups is 1. The van der Waals surface area contributed by atoms with E-state index >= 15 is 0 Å². The molecule has 1 heterocycles. The minimum atomic E-state index is -0.0871. The molecule has 1 atom stereocenters. The van der Waals surface area contributed by atoms with Gasteiger partial charge in [0.15, 0.2) is 0 Å². The number of nitrogens with one attached hydrogen (secondary N) is 1. The third-order valence-corrected chi connectivity index (χ3v) is 5.06. The maximum absolute atomic E-state index is 12.4. The van der Waals surface area contributed by atoms with Crippen LogP contribution in [0.5, 0.6) is 5.75 Å². The Bertz CT molecular complexity index is 687. The van der Waals surface area contributed by atoms with Crippen LogP contribution in [0.25, 0.3) is 0 Å².